The molecular formula is C28H37N3O8. The number of aliphatic hydroxyl groups excluding tert-OH is 1. The van der Waals surface area contributed by atoms with Crippen LogP contribution in [0.1, 0.15) is 50.4 Å². The number of phenolic OH excluding ortho intramolecular Hbond substituents is 1. The van der Waals surface area contributed by atoms with Crippen LogP contribution < -0.4 is 16.0 Å². The molecule has 3 amide bonds. The fraction of sp³-hybridized carbons (Fsp3) is 0.429. The maximum absolute atomic E-state index is 12.5. The summed E-state index contributed by atoms with van der Waals surface area (Å²) in [5, 5.41) is 38.5. The lowest BCUT2D eigenvalue weighted by Gasteiger charge is -2.30. The topological polar surface area (TPSA) is 174 Å². The van der Waals surface area contributed by atoms with Crippen LogP contribution in [0.15, 0.2) is 48.0 Å². The molecule has 11 heteroatoms. The highest BCUT2D eigenvalue weighted by molar-refractivity contribution is 6.03. The Balaban J connectivity index is 1.87. The molecule has 0 saturated heterocycles. The molecule has 0 fully saturated rings. The minimum Gasteiger partial charge on any atom is -0.506 e. The molecule has 2 aromatic carbocycles. The van der Waals surface area contributed by atoms with Crippen molar-refractivity contribution in [2.45, 2.75) is 52.2 Å². The molecule has 0 aromatic heterocycles. The largest absolute Gasteiger partial charge is 0.506 e. The fourth-order valence-corrected chi connectivity index (χ4v) is 4.07. The van der Waals surface area contributed by atoms with Gasteiger partial charge in [0.25, 0.3) is 5.91 Å². The van der Waals surface area contributed by atoms with Gasteiger partial charge in [-0.15, -0.1) is 0 Å². The van der Waals surface area contributed by atoms with E-state index in [1.807, 2.05) is 12.1 Å². The van der Waals surface area contributed by atoms with E-state index in [9.17, 15) is 29.4 Å². The summed E-state index contributed by atoms with van der Waals surface area (Å²) in [6, 6.07) is 9.97. The normalized spacial score (nSPS) is 13.7. The molecule has 6 N–H and O–H groups in total. The van der Waals surface area contributed by atoms with Gasteiger partial charge in [0.05, 0.1) is 5.56 Å². The van der Waals surface area contributed by atoms with Gasteiger partial charge in [-0.1, -0.05) is 43.3 Å². The molecule has 212 valence electrons. The van der Waals surface area contributed by atoms with Gasteiger partial charge < -0.3 is 36.0 Å². The molecule has 0 spiro atoms. The predicted octanol–water partition coefficient (Wildman–Crippen LogP) is 2.70. The van der Waals surface area contributed by atoms with E-state index in [2.05, 4.69) is 16.0 Å². The highest BCUT2D eigenvalue weighted by Crippen LogP contribution is 2.28. The monoisotopic (exact) mass is 543 g/mol. The number of fused-ring (bicyclic) bond motifs is 1. The van der Waals surface area contributed by atoms with Gasteiger partial charge >= 0.3 is 12.1 Å². The number of carbonyl (C=O) groups excluding carboxylic acids is 3. The number of carbonyl (C=O) groups is 4. The Morgan fingerprint density at radius 1 is 1.03 bits per heavy atom. The molecule has 2 rings (SSSR count). The maximum Gasteiger partial charge on any atom is 0.407 e. The standard InChI is InChI=1S/C28H37N3O8/c1-17(27(36)37)9-12-23(31-19(3)33)18(2)24(13-16-32)39-28(38)30-15-6-14-29-26(35)22-11-10-20-7-4-5-8-21(20)25(22)34/h4-5,7-11,18,23-24,32,34H,6,12-16H2,1-3H3,(H,29,35)(H,30,38)(H,31,33)(H,36,37)/b17-9+/t18-,23-,24-/m1/s1. The molecular weight excluding hydrogens is 506 g/mol. The van der Waals surface area contributed by atoms with Crippen molar-refractivity contribution in [3.63, 3.8) is 0 Å². The third kappa shape index (κ3) is 9.60. The van der Waals surface area contributed by atoms with E-state index in [0.717, 1.165) is 5.39 Å². The van der Waals surface area contributed by atoms with Crippen LogP contribution >= 0.6 is 0 Å². The second kappa shape index (κ2) is 15.3. The minimum atomic E-state index is -1.07. The molecule has 11 nitrogen and oxygen atoms in total. The summed E-state index contributed by atoms with van der Waals surface area (Å²) in [5.74, 6) is -2.36. The van der Waals surface area contributed by atoms with Crippen LogP contribution in [0.2, 0.25) is 0 Å². The molecule has 2 aromatic rings. The van der Waals surface area contributed by atoms with Gasteiger partial charge in [-0.25, -0.2) is 9.59 Å². The molecule has 0 aliphatic carbocycles. The Morgan fingerprint density at radius 3 is 2.38 bits per heavy atom. The van der Waals surface area contributed by atoms with Gasteiger partial charge in [0, 0.05) is 56.0 Å². The Hall–Kier alpha value is -4.12. The number of nitrogens with one attached hydrogen (secondary N) is 3. The first-order chi connectivity index (χ1) is 18.5. The Labute approximate surface area is 227 Å². The lowest BCUT2D eigenvalue weighted by molar-refractivity contribution is -0.132. The maximum atomic E-state index is 12.5. The highest BCUT2D eigenvalue weighted by Gasteiger charge is 2.29. The number of carboxylic acids is 1. The number of ether oxygens (including phenoxy) is 1. The molecule has 3 atom stereocenters. The summed E-state index contributed by atoms with van der Waals surface area (Å²) in [4.78, 5) is 47.7. The van der Waals surface area contributed by atoms with E-state index in [1.54, 1.807) is 31.2 Å². The second-order valence-corrected chi connectivity index (χ2v) is 9.27. The van der Waals surface area contributed by atoms with Crippen molar-refractivity contribution >= 4 is 34.6 Å². The average Bonchev–Trinajstić information content (AvgIpc) is 2.89. The molecule has 0 bridgehead atoms. The number of amides is 3. The van der Waals surface area contributed by atoms with Crippen LogP contribution in [-0.4, -0.2) is 71.0 Å². The van der Waals surface area contributed by atoms with E-state index < -0.39 is 36.0 Å². The number of aliphatic carboxylic acids is 1. The zero-order chi connectivity index (χ0) is 28.9. The fourth-order valence-electron chi connectivity index (χ4n) is 4.07. The SMILES string of the molecule is CC(=O)N[C@H](C/C=C(\C)C(=O)O)[C@@H](C)[C@@H](CCO)OC(=O)NCCCNC(=O)c1ccc2ccccc2c1O. The number of phenols is 1. The first kappa shape index (κ1) is 31.1. The number of hydrogen-bond donors (Lipinski definition) is 6. The van der Waals surface area contributed by atoms with Crippen molar-refractivity contribution < 1.29 is 39.2 Å². The van der Waals surface area contributed by atoms with E-state index in [-0.39, 0.29) is 55.3 Å². The molecule has 0 aliphatic rings. The summed E-state index contributed by atoms with van der Waals surface area (Å²) in [5.41, 5.74) is 0.280. The number of benzene rings is 2. The van der Waals surface area contributed by atoms with Crippen molar-refractivity contribution in [2.75, 3.05) is 19.7 Å². The Kier molecular flexibility index (Phi) is 12.2. The van der Waals surface area contributed by atoms with Gasteiger partial charge in [0.1, 0.15) is 11.9 Å². The summed E-state index contributed by atoms with van der Waals surface area (Å²) >= 11 is 0. The van der Waals surface area contributed by atoms with E-state index in [4.69, 9.17) is 9.84 Å². The summed E-state index contributed by atoms with van der Waals surface area (Å²) in [6.07, 6.45) is 0.735. The van der Waals surface area contributed by atoms with Crippen LogP contribution in [0.3, 0.4) is 0 Å². The predicted molar refractivity (Wildman–Crippen MR) is 145 cm³/mol. The molecule has 0 unspecified atom stereocenters. The van der Waals surface area contributed by atoms with Crippen LogP contribution in [0.25, 0.3) is 10.8 Å². The first-order valence-corrected chi connectivity index (χ1v) is 12.8. The van der Waals surface area contributed by atoms with Crippen LogP contribution in [0.5, 0.6) is 5.75 Å². The zero-order valence-corrected chi connectivity index (χ0v) is 22.4. The first-order valence-electron chi connectivity index (χ1n) is 12.8. The number of hydrogen-bond acceptors (Lipinski definition) is 7. The van der Waals surface area contributed by atoms with Gasteiger partial charge in [0.2, 0.25) is 5.91 Å². The molecule has 0 aliphatic heterocycles. The third-order valence-electron chi connectivity index (χ3n) is 6.35. The number of rotatable bonds is 14. The third-order valence-corrected chi connectivity index (χ3v) is 6.35. The lowest BCUT2D eigenvalue weighted by atomic mass is 9.90. The van der Waals surface area contributed by atoms with E-state index in [0.29, 0.717) is 11.8 Å². The molecule has 0 saturated carbocycles. The second-order valence-electron chi connectivity index (χ2n) is 9.27. The van der Waals surface area contributed by atoms with Crippen molar-refractivity contribution in [1.29, 1.82) is 0 Å². The number of aromatic hydroxyl groups is 1. The van der Waals surface area contributed by atoms with E-state index in [1.165, 1.54) is 19.9 Å². The minimum absolute atomic E-state index is 0.0949. The molecule has 0 radical (unpaired) electrons. The number of aliphatic hydroxyl groups is 1. The van der Waals surface area contributed by atoms with Crippen molar-refractivity contribution in [1.82, 2.24) is 16.0 Å². The zero-order valence-electron chi connectivity index (χ0n) is 22.4. The molecule has 39 heavy (non-hydrogen) atoms. The summed E-state index contributed by atoms with van der Waals surface area (Å²) < 4.78 is 5.50. The van der Waals surface area contributed by atoms with Gasteiger partial charge in [-0.2, -0.15) is 0 Å². The lowest BCUT2D eigenvalue weighted by Crippen LogP contribution is -2.45. The summed E-state index contributed by atoms with van der Waals surface area (Å²) in [6.45, 7) is 4.70. The van der Waals surface area contributed by atoms with Gasteiger partial charge in [0.15, 0.2) is 0 Å². The quantitative estimate of drug-likeness (QED) is 0.156. The summed E-state index contributed by atoms with van der Waals surface area (Å²) in [7, 11) is 0. The number of alkyl carbamates (subject to hydrolysis) is 1. The molecule has 0 heterocycles. The van der Waals surface area contributed by atoms with Crippen molar-refractivity contribution in [2.24, 2.45) is 5.92 Å². The Morgan fingerprint density at radius 2 is 1.72 bits per heavy atom. The van der Waals surface area contributed by atoms with Crippen molar-refractivity contribution in [3.05, 3.63) is 53.6 Å². The van der Waals surface area contributed by atoms with Crippen molar-refractivity contribution in [3.8, 4) is 5.75 Å². The van der Waals surface area contributed by atoms with Gasteiger partial charge in [-0.05, 0) is 31.2 Å². The number of carboxylic acid groups (broad SMARTS) is 1. The van der Waals surface area contributed by atoms with Crippen LogP contribution in [0.4, 0.5) is 4.79 Å². The average molecular weight is 544 g/mol. The Bertz CT molecular complexity index is 1200. The highest BCUT2D eigenvalue weighted by atomic mass is 16.6. The van der Waals surface area contributed by atoms with E-state index >= 15 is 0 Å². The van der Waals surface area contributed by atoms with Gasteiger partial charge in [-0.3, -0.25) is 9.59 Å². The van der Waals surface area contributed by atoms with Crippen LogP contribution in [-0.2, 0) is 14.3 Å². The van der Waals surface area contributed by atoms with Crippen LogP contribution in [0, 0.1) is 5.92 Å². The smallest absolute Gasteiger partial charge is 0.407 e.